The third-order valence-electron chi connectivity index (χ3n) is 4.34. The second-order valence-electron chi connectivity index (χ2n) is 5.47. The topological polar surface area (TPSA) is 37.3 Å². The second kappa shape index (κ2) is 5.04. The van der Waals surface area contributed by atoms with E-state index in [2.05, 4.69) is 6.07 Å². The largest absolute Gasteiger partial charge is 0.507 e. The molecule has 2 nitrogen and oxygen atoms in total. The highest BCUT2D eigenvalue weighted by atomic mass is 16.3. The Kier molecular flexibility index (Phi) is 3.24. The predicted molar refractivity (Wildman–Crippen MR) is 76.4 cm³/mol. The van der Waals surface area contributed by atoms with Crippen LogP contribution in [-0.2, 0) is 4.79 Å². The average Bonchev–Trinajstić information content (AvgIpc) is 2.48. The van der Waals surface area contributed by atoms with E-state index >= 15 is 0 Å². The smallest absolute Gasteiger partial charge is 0.123 e. The van der Waals surface area contributed by atoms with Crippen LogP contribution >= 0.6 is 0 Å². The van der Waals surface area contributed by atoms with Crippen molar-refractivity contribution in [3.05, 3.63) is 42.0 Å². The number of rotatable bonds is 2. The summed E-state index contributed by atoms with van der Waals surface area (Å²) in [4.78, 5) is 10.8. The summed E-state index contributed by atoms with van der Waals surface area (Å²) < 4.78 is 0. The van der Waals surface area contributed by atoms with Gasteiger partial charge in [-0.1, -0.05) is 30.3 Å². The van der Waals surface area contributed by atoms with Crippen LogP contribution < -0.4 is 0 Å². The lowest BCUT2D eigenvalue weighted by Gasteiger charge is -2.26. The fraction of sp³-hybridized carbons (Fsp3) is 0.353. The van der Waals surface area contributed by atoms with Crippen molar-refractivity contribution in [1.82, 2.24) is 0 Å². The van der Waals surface area contributed by atoms with Crippen LogP contribution in [0.3, 0.4) is 0 Å². The molecule has 1 aliphatic carbocycles. The molecule has 0 bridgehead atoms. The van der Waals surface area contributed by atoms with Crippen molar-refractivity contribution in [2.24, 2.45) is 5.92 Å². The van der Waals surface area contributed by atoms with Gasteiger partial charge in [0.1, 0.15) is 12.0 Å². The fourth-order valence-corrected chi connectivity index (χ4v) is 3.23. The number of carbonyl (C=O) groups excluding carboxylic acids is 1. The van der Waals surface area contributed by atoms with Crippen LogP contribution in [0.15, 0.2) is 36.4 Å². The minimum absolute atomic E-state index is 0.250. The number of phenols is 1. The van der Waals surface area contributed by atoms with E-state index in [0.717, 1.165) is 42.7 Å². The summed E-state index contributed by atoms with van der Waals surface area (Å²) >= 11 is 0. The molecule has 1 fully saturated rings. The molecule has 2 heteroatoms. The summed E-state index contributed by atoms with van der Waals surface area (Å²) in [6.07, 6.45) is 5.22. The van der Waals surface area contributed by atoms with Crippen LogP contribution in [0.4, 0.5) is 0 Å². The van der Waals surface area contributed by atoms with Crippen LogP contribution in [0, 0.1) is 5.92 Å². The Bertz CT molecular complexity index is 595. The van der Waals surface area contributed by atoms with Crippen LogP contribution in [0.1, 0.15) is 37.2 Å². The number of fused-ring (bicyclic) bond motifs is 1. The number of hydrogen-bond donors (Lipinski definition) is 1. The monoisotopic (exact) mass is 254 g/mol. The molecule has 1 N–H and O–H groups in total. The van der Waals surface area contributed by atoms with E-state index in [4.69, 9.17) is 0 Å². The van der Waals surface area contributed by atoms with Gasteiger partial charge in [-0.25, -0.2) is 0 Å². The average molecular weight is 254 g/mol. The highest BCUT2D eigenvalue weighted by molar-refractivity contribution is 5.91. The summed E-state index contributed by atoms with van der Waals surface area (Å²) in [6, 6.07) is 11.9. The van der Waals surface area contributed by atoms with Gasteiger partial charge in [0.05, 0.1) is 0 Å². The van der Waals surface area contributed by atoms with Crippen molar-refractivity contribution in [2.45, 2.75) is 31.6 Å². The van der Waals surface area contributed by atoms with Crippen molar-refractivity contribution < 1.29 is 9.90 Å². The van der Waals surface area contributed by atoms with E-state index in [1.165, 1.54) is 5.56 Å². The molecule has 0 saturated heterocycles. The first kappa shape index (κ1) is 12.2. The van der Waals surface area contributed by atoms with Gasteiger partial charge in [0, 0.05) is 11.3 Å². The van der Waals surface area contributed by atoms with Crippen molar-refractivity contribution >= 4 is 17.1 Å². The summed E-state index contributed by atoms with van der Waals surface area (Å²) in [5.74, 6) is 1.11. The van der Waals surface area contributed by atoms with E-state index in [9.17, 15) is 9.90 Å². The quantitative estimate of drug-likeness (QED) is 0.822. The Morgan fingerprint density at radius 2 is 1.63 bits per heavy atom. The molecule has 0 heterocycles. The number of hydrogen-bond acceptors (Lipinski definition) is 2. The van der Waals surface area contributed by atoms with Crippen molar-refractivity contribution in [3.8, 4) is 5.75 Å². The molecule has 0 radical (unpaired) electrons. The third-order valence-corrected chi connectivity index (χ3v) is 4.34. The summed E-state index contributed by atoms with van der Waals surface area (Å²) in [6.45, 7) is 0. The van der Waals surface area contributed by atoms with Crippen molar-refractivity contribution in [2.75, 3.05) is 0 Å². The molecular formula is C17H18O2. The van der Waals surface area contributed by atoms with E-state index in [-0.39, 0.29) is 5.92 Å². The SMILES string of the molecule is O=CC1CCC(c2ccc(O)c3ccccc23)CC1. The van der Waals surface area contributed by atoms with Crippen LogP contribution in [0.2, 0.25) is 0 Å². The first-order chi connectivity index (χ1) is 9.29. The van der Waals surface area contributed by atoms with Gasteiger partial charge in [0.15, 0.2) is 0 Å². The van der Waals surface area contributed by atoms with E-state index in [1.54, 1.807) is 6.07 Å². The molecule has 2 aromatic carbocycles. The molecule has 0 aromatic heterocycles. The van der Waals surface area contributed by atoms with Crippen LogP contribution in [-0.4, -0.2) is 11.4 Å². The Morgan fingerprint density at radius 3 is 2.32 bits per heavy atom. The van der Waals surface area contributed by atoms with Gasteiger partial charge in [-0.05, 0) is 48.6 Å². The zero-order valence-electron chi connectivity index (χ0n) is 10.9. The zero-order valence-corrected chi connectivity index (χ0v) is 10.9. The molecule has 1 aliphatic rings. The molecule has 0 amide bonds. The normalized spacial score (nSPS) is 23.4. The van der Waals surface area contributed by atoms with Gasteiger partial charge in [-0.2, -0.15) is 0 Å². The Labute approximate surface area is 113 Å². The van der Waals surface area contributed by atoms with Crippen LogP contribution in [0.25, 0.3) is 10.8 Å². The maximum absolute atomic E-state index is 10.8. The first-order valence-corrected chi connectivity index (χ1v) is 6.95. The van der Waals surface area contributed by atoms with Gasteiger partial charge in [0.2, 0.25) is 0 Å². The van der Waals surface area contributed by atoms with Crippen molar-refractivity contribution in [3.63, 3.8) is 0 Å². The van der Waals surface area contributed by atoms with Crippen LogP contribution in [0.5, 0.6) is 5.75 Å². The second-order valence-corrected chi connectivity index (χ2v) is 5.47. The van der Waals surface area contributed by atoms with Gasteiger partial charge in [0.25, 0.3) is 0 Å². The summed E-state index contributed by atoms with van der Waals surface area (Å²) in [5, 5.41) is 12.0. The lowest BCUT2D eigenvalue weighted by molar-refractivity contribution is -0.111. The van der Waals surface area contributed by atoms with E-state index < -0.39 is 0 Å². The molecule has 0 atom stereocenters. The highest BCUT2D eigenvalue weighted by Gasteiger charge is 2.23. The number of benzene rings is 2. The molecule has 19 heavy (non-hydrogen) atoms. The Morgan fingerprint density at radius 1 is 0.947 bits per heavy atom. The Balaban J connectivity index is 1.97. The predicted octanol–water partition coefficient (Wildman–Crippen LogP) is 4.02. The van der Waals surface area contributed by atoms with Gasteiger partial charge >= 0.3 is 0 Å². The number of aromatic hydroxyl groups is 1. The van der Waals surface area contributed by atoms with Gasteiger partial charge < -0.3 is 9.90 Å². The van der Waals surface area contributed by atoms with Crippen molar-refractivity contribution in [1.29, 1.82) is 0 Å². The maximum Gasteiger partial charge on any atom is 0.123 e. The summed E-state index contributed by atoms with van der Waals surface area (Å²) in [7, 11) is 0. The van der Waals surface area contributed by atoms with E-state index in [1.807, 2.05) is 24.3 Å². The van der Waals surface area contributed by atoms with Gasteiger partial charge in [-0.15, -0.1) is 0 Å². The number of phenolic OH excluding ortho intramolecular Hbond substituents is 1. The first-order valence-electron chi connectivity index (χ1n) is 6.95. The molecule has 1 saturated carbocycles. The molecule has 98 valence electrons. The molecule has 0 unspecified atom stereocenters. The third kappa shape index (κ3) is 2.23. The molecule has 0 aliphatic heterocycles. The summed E-state index contributed by atoms with van der Waals surface area (Å²) in [5.41, 5.74) is 1.32. The fourth-order valence-electron chi connectivity index (χ4n) is 3.23. The number of aldehydes is 1. The minimum Gasteiger partial charge on any atom is -0.507 e. The molecule has 0 spiro atoms. The van der Waals surface area contributed by atoms with E-state index in [0.29, 0.717) is 11.7 Å². The highest BCUT2D eigenvalue weighted by Crippen LogP contribution is 2.39. The molecular weight excluding hydrogens is 236 g/mol. The molecule has 3 rings (SSSR count). The number of carbonyl (C=O) groups is 1. The minimum atomic E-state index is 0.250. The lowest BCUT2D eigenvalue weighted by Crippen LogP contribution is -2.14. The maximum atomic E-state index is 10.8. The van der Waals surface area contributed by atoms with Gasteiger partial charge in [-0.3, -0.25) is 0 Å². The lowest BCUT2D eigenvalue weighted by atomic mass is 9.78. The standard InChI is InChI=1S/C17H18O2/c18-11-12-5-7-13(8-6-12)14-9-10-17(19)16-4-2-1-3-15(14)16/h1-4,9-13,19H,5-8H2. The Hall–Kier alpha value is -1.83. The molecule has 2 aromatic rings. The zero-order chi connectivity index (χ0) is 13.2.